The van der Waals surface area contributed by atoms with E-state index in [0.29, 0.717) is 41.5 Å². The van der Waals surface area contributed by atoms with Crippen molar-refractivity contribution in [2.24, 2.45) is 5.92 Å². The summed E-state index contributed by atoms with van der Waals surface area (Å²) in [6.45, 7) is 0.908. The van der Waals surface area contributed by atoms with E-state index in [1.54, 1.807) is 36.7 Å². The molecule has 1 atom stereocenters. The van der Waals surface area contributed by atoms with Crippen LogP contribution in [-0.4, -0.2) is 36.7 Å². The van der Waals surface area contributed by atoms with Crippen LogP contribution in [0.3, 0.4) is 0 Å². The molecule has 1 unspecified atom stereocenters. The standard InChI is InChI=1S/C19H21Cl2N3O3S/c20-17-6-1-7-18(21)16(17)13-28(26,27)24-9-3-5-15(12-24)19(25)23-11-14-4-2-8-22-10-14/h1-2,4,6-8,10,15H,3,5,9,11-13H2,(H,23,25). The molecule has 2 heterocycles. The number of benzene rings is 1. The summed E-state index contributed by atoms with van der Waals surface area (Å²) in [5.41, 5.74) is 1.28. The molecular weight excluding hydrogens is 421 g/mol. The van der Waals surface area contributed by atoms with Crippen molar-refractivity contribution in [2.45, 2.75) is 25.1 Å². The molecule has 28 heavy (non-hydrogen) atoms. The molecule has 1 aliphatic heterocycles. The van der Waals surface area contributed by atoms with E-state index >= 15 is 0 Å². The molecule has 0 bridgehead atoms. The van der Waals surface area contributed by atoms with Gasteiger partial charge in [-0.25, -0.2) is 12.7 Å². The van der Waals surface area contributed by atoms with Crippen LogP contribution in [0.5, 0.6) is 0 Å². The van der Waals surface area contributed by atoms with Crippen LogP contribution >= 0.6 is 23.2 Å². The zero-order chi connectivity index (χ0) is 20.1. The fraction of sp³-hybridized carbons (Fsp3) is 0.368. The summed E-state index contributed by atoms with van der Waals surface area (Å²) in [7, 11) is -3.64. The molecule has 1 aromatic carbocycles. The fourth-order valence-corrected chi connectivity index (χ4v) is 5.55. The summed E-state index contributed by atoms with van der Waals surface area (Å²) in [6, 6.07) is 8.57. The molecule has 0 radical (unpaired) electrons. The van der Waals surface area contributed by atoms with E-state index in [1.165, 1.54) is 4.31 Å². The molecule has 3 rings (SSSR count). The van der Waals surface area contributed by atoms with Crippen molar-refractivity contribution in [3.63, 3.8) is 0 Å². The van der Waals surface area contributed by atoms with Gasteiger partial charge in [0.25, 0.3) is 0 Å². The number of sulfonamides is 1. The summed E-state index contributed by atoms with van der Waals surface area (Å²) in [5.74, 6) is -0.823. The van der Waals surface area contributed by atoms with Crippen molar-refractivity contribution < 1.29 is 13.2 Å². The topological polar surface area (TPSA) is 79.4 Å². The fourth-order valence-electron chi connectivity index (χ4n) is 3.19. The van der Waals surface area contributed by atoms with E-state index in [9.17, 15) is 13.2 Å². The van der Waals surface area contributed by atoms with Gasteiger partial charge in [-0.15, -0.1) is 0 Å². The molecule has 0 aliphatic carbocycles. The highest BCUT2D eigenvalue weighted by atomic mass is 35.5. The smallest absolute Gasteiger partial charge is 0.224 e. The minimum atomic E-state index is -3.64. The van der Waals surface area contributed by atoms with Crippen LogP contribution in [0.1, 0.15) is 24.0 Å². The minimum Gasteiger partial charge on any atom is -0.352 e. The number of nitrogens with zero attached hydrogens (tertiary/aromatic N) is 2. The molecule has 1 N–H and O–H groups in total. The number of aromatic nitrogens is 1. The van der Waals surface area contributed by atoms with Crippen molar-refractivity contribution in [1.29, 1.82) is 0 Å². The number of hydrogen-bond acceptors (Lipinski definition) is 4. The van der Waals surface area contributed by atoms with Crippen LogP contribution in [0.15, 0.2) is 42.7 Å². The zero-order valence-corrected chi connectivity index (χ0v) is 17.5. The van der Waals surface area contributed by atoms with Gasteiger partial charge in [-0.3, -0.25) is 9.78 Å². The number of pyridine rings is 1. The maximum absolute atomic E-state index is 12.9. The Hall–Kier alpha value is -1.67. The Bertz CT molecular complexity index is 918. The Labute approximate surface area is 174 Å². The lowest BCUT2D eigenvalue weighted by atomic mass is 9.99. The molecule has 0 saturated carbocycles. The monoisotopic (exact) mass is 441 g/mol. The number of halogens is 2. The summed E-state index contributed by atoms with van der Waals surface area (Å²) in [5, 5.41) is 3.50. The first-order chi connectivity index (χ1) is 13.4. The maximum atomic E-state index is 12.9. The van der Waals surface area contributed by atoms with Crippen LogP contribution in [-0.2, 0) is 27.1 Å². The van der Waals surface area contributed by atoms with E-state index in [2.05, 4.69) is 10.3 Å². The molecule has 6 nitrogen and oxygen atoms in total. The average Bonchev–Trinajstić information content (AvgIpc) is 2.70. The van der Waals surface area contributed by atoms with E-state index in [-0.39, 0.29) is 24.1 Å². The van der Waals surface area contributed by atoms with Crippen molar-refractivity contribution >= 4 is 39.1 Å². The molecule has 150 valence electrons. The predicted octanol–water partition coefficient (Wildman–Crippen LogP) is 3.25. The van der Waals surface area contributed by atoms with Gasteiger partial charge < -0.3 is 5.32 Å². The van der Waals surface area contributed by atoms with Gasteiger partial charge in [-0.05, 0) is 36.6 Å². The second kappa shape index (κ2) is 9.22. The van der Waals surface area contributed by atoms with Gasteiger partial charge in [-0.1, -0.05) is 35.3 Å². The Balaban J connectivity index is 1.64. The Morgan fingerprint density at radius 2 is 1.96 bits per heavy atom. The maximum Gasteiger partial charge on any atom is 0.224 e. The number of hydrogen-bond donors (Lipinski definition) is 1. The molecule has 1 fully saturated rings. The zero-order valence-electron chi connectivity index (χ0n) is 15.1. The van der Waals surface area contributed by atoms with E-state index in [4.69, 9.17) is 23.2 Å². The van der Waals surface area contributed by atoms with Crippen LogP contribution < -0.4 is 5.32 Å². The van der Waals surface area contributed by atoms with Gasteiger partial charge in [0.1, 0.15) is 0 Å². The summed E-state index contributed by atoms with van der Waals surface area (Å²) in [6.07, 6.45) is 4.63. The van der Waals surface area contributed by atoms with E-state index < -0.39 is 10.0 Å². The van der Waals surface area contributed by atoms with E-state index in [1.807, 2.05) is 6.07 Å². The lowest BCUT2D eigenvalue weighted by Gasteiger charge is -2.31. The Kier molecular flexibility index (Phi) is 6.93. The first-order valence-electron chi connectivity index (χ1n) is 8.94. The second-order valence-corrected chi connectivity index (χ2v) is 9.52. The minimum absolute atomic E-state index is 0.153. The van der Waals surface area contributed by atoms with Crippen LogP contribution in [0.2, 0.25) is 10.0 Å². The second-order valence-electron chi connectivity index (χ2n) is 6.73. The van der Waals surface area contributed by atoms with Crippen molar-refractivity contribution in [1.82, 2.24) is 14.6 Å². The SMILES string of the molecule is O=C(NCc1cccnc1)C1CCCN(S(=O)(=O)Cc2c(Cl)cccc2Cl)C1. The molecular formula is C19H21Cl2N3O3S. The number of carbonyl (C=O) groups is 1. The lowest BCUT2D eigenvalue weighted by Crippen LogP contribution is -2.45. The van der Waals surface area contributed by atoms with Gasteiger partial charge >= 0.3 is 0 Å². The third-order valence-electron chi connectivity index (χ3n) is 4.73. The molecule has 1 amide bonds. The molecule has 1 aliphatic rings. The number of nitrogens with one attached hydrogen (secondary N) is 1. The Morgan fingerprint density at radius 1 is 1.21 bits per heavy atom. The van der Waals surface area contributed by atoms with Crippen molar-refractivity contribution in [3.8, 4) is 0 Å². The normalized spacial score (nSPS) is 18.0. The average molecular weight is 442 g/mol. The molecule has 1 aromatic heterocycles. The van der Waals surface area contributed by atoms with Crippen LogP contribution in [0.4, 0.5) is 0 Å². The highest BCUT2D eigenvalue weighted by Crippen LogP contribution is 2.29. The highest BCUT2D eigenvalue weighted by molar-refractivity contribution is 7.88. The van der Waals surface area contributed by atoms with Crippen LogP contribution in [0, 0.1) is 5.92 Å². The molecule has 0 spiro atoms. The van der Waals surface area contributed by atoms with Crippen molar-refractivity contribution in [2.75, 3.05) is 13.1 Å². The third-order valence-corrected chi connectivity index (χ3v) is 7.21. The number of rotatable bonds is 6. The molecule has 9 heteroatoms. The number of carbonyl (C=O) groups excluding carboxylic acids is 1. The van der Waals surface area contributed by atoms with Gasteiger partial charge in [-0.2, -0.15) is 0 Å². The number of amides is 1. The molecule has 2 aromatic rings. The summed E-state index contributed by atoms with van der Waals surface area (Å²) < 4.78 is 27.1. The Morgan fingerprint density at radius 3 is 2.64 bits per heavy atom. The third kappa shape index (κ3) is 5.23. The van der Waals surface area contributed by atoms with Crippen LogP contribution in [0.25, 0.3) is 0 Å². The first-order valence-corrected chi connectivity index (χ1v) is 11.3. The quantitative estimate of drug-likeness (QED) is 0.745. The van der Waals surface area contributed by atoms with Gasteiger partial charge in [0.2, 0.25) is 15.9 Å². The highest BCUT2D eigenvalue weighted by Gasteiger charge is 2.33. The largest absolute Gasteiger partial charge is 0.352 e. The van der Waals surface area contributed by atoms with Gasteiger partial charge in [0.05, 0.1) is 11.7 Å². The lowest BCUT2D eigenvalue weighted by molar-refractivity contribution is -0.126. The van der Waals surface area contributed by atoms with Gasteiger partial charge in [0.15, 0.2) is 0 Å². The predicted molar refractivity (Wildman–Crippen MR) is 109 cm³/mol. The molecule has 1 saturated heterocycles. The summed E-state index contributed by atoms with van der Waals surface area (Å²) >= 11 is 12.2. The number of piperidine rings is 1. The summed E-state index contributed by atoms with van der Waals surface area (Å²) in [4.78, 5) is 16.5. The van der Waals surface area contributed by atoms with E-state index in [0.717, 1.165) is 5.56 Å². The first kappa shape index (κ1) is 21.0. The van der Waals surface area contributed by atoms with Gasteiger partial charge in [0, 0.05) is 47.6 Å². The van der Waals surface area contributed by atoms with Crippen molar-refractivity contribution in [3.05, 3.63) is 63.9 Å².